The van der Waals surface area contributed by atoms with Gasteiger partial charge in [-0.1, -0.05) is 0 Å². The van der Waals surface area contributed by atoms with Crippen molar-refractivity contribution in [2.45, 2.75) is 70.1 Å². The first-order valence-electron chi connectivity index (χ1n) is 8.51. The van der Waals surface area contributed by atoms with Gasteiger partial charge in [0.1, 0.15) is 12.1 Å². The molecule has 4 rings (SSSR count). The number of hydrogen-bond donors (Lipinski definition) is 2. The van der Waals surface area contributed by atoms with Gasteiger partial charge in [0.15, 0.2) is 0 Å². The van der Waals surface area contributed by atoms with Crippen LogP contribution >= 0.6 is 0 Å². The summed E-state index contributed by atoms with van der Waals surface area (Å²) in [7, 11) is 0. The summed E-state index contributed by atoms with van der Waals surface area (Å²) in [6, 6.07) is 0. The van der Waals surface area contributed by atoms with Crippen LogP contribution in [-0.4, -0.2) is 51.0 Å². The summed E-state index contributed by atoms with van der Waals surface area (Å²) >= 11 is 0. The third-order valence-electron chi connectivity index (χ3n) is 5.67. The molecule has 6 heteroatoms. The Labute approximate surface area is 136 Å². The average molecular weight is 325 g/mol. The topological polar surface area (TPSA) is 87.1 Å². The molecule has 4 saturated carbocycles. The summed E-state index contributed by atoms with van der Waals surface area (Å²) in [6.07, 6.45) is 3.23. The molecule has 4 fully saturated rings. The second-order valence-electron chi connectivity index (χ2n) is 8.62. The maximum atomic E-state index is 12.7. The number of rotatable bonds is 3. The number of carboxylic acid groups (broad SMARTS) is 1. The number of carboxylic acids is 1. The minimum Gasteiger partial charge on any atom is -0.480 e. The lowest BCUT2D eigenvalue weighted by Gasteiger charge is -2.62. The van der Waals surface area contributed by atoms with Crippen LogP contribution in [0.15, 0.2) is 0 Å². The van der Waals surface area contributed by atoms with Crippen molar-refractivity contribution in [3.05, 3.63) is 0 Å². The molecule has 1 amide bonds. The van der Waals surface area contributed by atoms with Gasteiger partial charge in [-0.25, -0.2) is 4.79 Å². The molecule has 0 aliphatic heterocycles. The van der Waals surface area contributed by atoms with Crippen LogP contribution in [0, 0.1) is 17.8 Å². The summed E-state index contributed by atoms with van der Waals surface area (Å²) in [5.41, 5.74) is -1.46. The maximum Gasteiger partial charge on any atom is 0.411 e. The number of carbonyl (C=O) groups is 2. The number of aliphatic hydroxyl groups excluding tert-OH is 1. The quantitative estimate of drug-likeness (QED) is 0.831. The Morgan fingerprint density at radius 2 is 1.74 bits per heavy atom. The van der Waals surface area contributed by atoms with Crippen LogP contribution in [-0.2, 0) is 9.53 Å². The SMILES string of the molecule is CC(C)(C)OC(=O)N(CC(=O)O)C12CC3CC(CC(C3)C1O)C2. The molecule has 0 aromatic heterocycles. The highest BCUT2D eigenvalue weighted by molar-refractivity contribution is 5.78. The molecule has 3 unspecified atom stereocenters. The Balaban J connectivity index is 1.92. The molecule has 23 heavy (non-hydrogen) atoms. The number of nitrogens with zero attached hydrogens (tertiary/aromatic N) is 1. The standard InChI is InChI=1S/C17H27NO5/c1-16(2,3)23-15(22)18(9-13(19)20)17-7-10-4-11(8-17)6-12(5-10)14(17)21/h10-12,14,21H,4-9H2,1-3H3,(H,19,20). The van der Waals surface area contributed by atoms with Gasteiger partial charge >= 0.3 is 12.1 Å². The molecule has 4 aliphatic rings. The predicted octanol–water partition coefficient (Wildman–Crippen LogP) is 2.25. The van der Waals surface area contributed by atoms with Crippen molar-refractivity contribution in [1.82, 2.24) is 4.90 Å². The molecular weight excluding hydrogens is 298 g/mol. The van der Waals surface area contributed by atoms with E-state index >= 15 is 0 Å². The fraction of sp³-hybridized carbons (Fsp3) is 0.882. The van der Waals surface area contributed by atoms with Gasteiger partial charge in [-0.15, -0.1) is 0 Å². The van der Waals surface area contributed by atoms with E-state index in [4.69, 9.17) is 4.74 Å². The number of amides is 1. The second-order valence-corrected chi connectivity index (χ2v) is 8.62. The normalized spacial score (nSPS) is 38.4. The van der Waals surface area contributed by atoms with E-state index in [2.05, 4.69) is 0 Å². The maximum absolute atomic E-state index is 12.7. The van der Waals surface area contributed by atoms with E-state index in [1.165, 1.54) is 4.90 Å². The van der Waals surface area contributed by atoms with Crippen LogP contribution in [0.5, 0.6) is 0 Å². The summed E-state index contributed by atoms with van der Waals surface area (Å²) in [6.45, 7) is 4.87. The molecule has 0 heterocycles. The van der Waals surface area contributed by atoms with Gasteiger partial charge in [-0.05, 0) is 70.6 Å². The van der Waals surface area contributed by atoms with Crippen LogP contribution < -0.4 is 0 Å². The first-order valence-corrected chi connectivity index (χ1v) is 8.51. The van der Waals surface area contributed by atoms with Crippen molar-refractivity contribution in [2.75, 3.05) is 6.54 Å². The van der Waals surface area contributed by atoms with Crippen LogP contribution in [0.3, 0.4) is 0 Å². The molecule has 4 bridgehead atoms. The lowest BCUT2D eigenvalue weighted by atomic mass is 9.51. The molecular formula is C17H27NO5. The van der Waals surface area contributed by atoms with E-state index < -0.39 is 35.9 Å². The molecule has 0 spiro atoms. The Bertz CT molecular complexity index is 498. The number of hydrogen-bond acceptors (Lipinski definition) is 4. The van der Waals surface area contributed by atoms with Gasteiger partial charge in [0.2, 0.25) is 0 Å². The molecule has 130 valence electrons. The number of aliphatic carboxylic acids is 1. The zero-order valence-corrected chi connectivity index (χ0v) is 14.1. The summed E-state index contributed by atoms with van der Waals surface area (Å²) in [5.74, 6) is 0.0723. The van der Waals surface area contributed by atoms with Gasteiger partial charge in [-0.2, -0.15) is 0 Å². The summed E-state index contributed by atoms with van der Waals surface area (Å²) in [5, 5.41) is 20.2. The molecule has 6 nitrogen and oxygen atoms in total. The highest BCUT2D eigenvalue weighted by Gasteiger charge is 2.61. The average Bonchev–Trinajstić information content (AvgIpc) is 2.38. The number of aliphatic hydroxyl groups is 1. The van der Waals surface area contributed by atoms with Crippen LogP contribution in [0.2, 0.25) is 0 Å². The highest BCUT2D eigenvalue weighted by atomic mass is 16.6. The van der Waals surface area contributed by atoms with Crippen molar-refractivity contribution in [1.29, 1.82) is 0 Å². The molecule has 0 radical (unpaired) electrons. The Kier molecular flexibility index (Phi) is 3.86. The fourth-order valence-electron chi connectivity index (χ4n) is 5.21. The third kappa shape index (κ3) is 2.93. The van der Waals surface area contributed by atoms with E-state index in [1.54, 1.807) is 20.8 Å². The van der Waals surface area contributed by atoms with Crippen molar-refractivity contribution in [2.24, 2.45) is 17.8 Å². The Morgan fingerprint density at radius 3 is 2.22 bits per heavy atom. The molecule has 3 atom stereocenters. The van der Waals surface area contributed by atoms with E-state index in [1.807, 2.05) is 0 Å². The summed E-state index contributed by atoms with van der Waals surface area (Å²) in [4.78, 5) is 25.3. The molecule has 0 aromatic carbocycles. The van der Waals surface area contributed by atoms with Gasteiger partial charge in [0, 0.05) is 0 Å². The summed E-state index contributed by atoms with van der Waals surface area (Å²) < 4.78 is 5.45. The fourth-order valence-corrected chi connectivity index (χ4v) is 5.21. The molecule has 2 N–H and O–H groups in total. The largest absolute Gasteiger partial charge is 0.480 e. The second kappa shape index (κ2) is 5.36. The molecule has 4 aliphatic carbocycles. The first-order chi connectivity index (χ1) is 10.6. The third-order valence-corrected chi connectivity index (χ3v) is 5.67. The van der Waals surface area contributed by atoms with E-state index in [0.29, 0.717) is 24.7 Å². The van der Waals surface area contributed by atoms with Crippen molar-refractivity contribution >= 4 is 12.1 Å². The van der Waals surface area contributed by atoms with Crippen molar-refractivity contribution < 1.29 is 24.5 Å². The van der Waals surface area contributed by atoms with Gasteiger partial charge in [0.05, 0.1) is 11.6 Å². The van der Waals surface area contributed by atoms with Gasteiger partial charge in [0.25, 0.3) is 0 Å². The van der Waals surface area contributed by atoms with Gasteiger partial charge in [-0.3, -0.25) is 9.69 Å². The van der Waals surface area contributed by atoms with Crippen LogP contribution in [0.4, 0.5) is 4.79 Å². The Morgan fingerprint density at radius 1 is 1.17 bits per heavy atom. The predicted molar refractivity (Wildman–Crippen MR) is 82.9 cm³/mol. The molecule has 0 aromatic rings. The van der Waals surface area contributed by atoms with E-state index in [9.17, 15) is 19.8 Å². The number of carbonyl (C=O) groups excluding carboxylic acids is 1. The zero-order chi connectivity index (χ0) is 17.0. The minimum absolute atomic E-state index is 0.181. The molecule has 0 saturated heterocycles. The van der Waals surface area contributed by atoms with E-state index in [0.717, 1.165) is 19.3 Å². The lowest BCUT2D eigenvalue weighted by Crippen LogP contribution is -2.70. The Hall–Kier alpha value is -1.30. The lowest BCUT2D eigenvalue weighted by molar-refractivity contribution is -0.174. The minimum atomic E-state index is -1.07. The van der Waals surface area contributed by atoms with Gasteiger partial charge < -0.3 is 14.9 Å². The zero-order valence-electron chi connectivity index (χ0n) is 14.1. The first kappa shape index (κ1) is 16.6. The monoisotopic (exact) mass is 325 g/mol. The van der Waals surface area contributed by atoms with Crippen molar-refractivity contribution in [3.63, 3.8) is 0 Å². The van der Waals surface area contributed by atoms with Crippen molar-refractivity contribution in [3.8, 4) is 0 Å². The van der Waals surface area contributed by atoms with Crippen LogP contribution in [0.1, 0.15) is 52.9 Å². The number of ether oxygens (including phenoxy) is 1. The smallest absolute Gasteiger partial charge is 0.411 e. The highest BCUT2D eigenvalue weighted by Crippen LogP contribution is 2.58. The van der Waals surface area contributed by atoms with Crippen LogP contribution in [0.25, 0.3) is 0 Å². The van der Waals surface area contributed by atoms with E-state index in [-0.39, 0.29) is 5.92 Å².